The van der Waals surface area contributed by atoms with Crippen molar-refractivity contribution >= 4 is 11.2 Å². The molecule has 1 unspecified atom stereocenters. The highest BCUT2D eigenvalue weighted by Crippen LogP contribution is 2.38. The average Bonchev–Trinajstić information content (AvgIpc) is 3.29. The number of piperazine rings is 1. The molecular weight excluding hydrogens is 482 g/mol. The highest BCUT2D eigenvalue weighted by Gasteiger charge is 2.38. The van der Waals surface area contributed by atoms with Gasteiger partial charge in [-0.3, -0.25) is 14.7 Å². The topological polar surface area (TPSA) is 52.5 Å². The number of likely N-dealkylation sites (tertiary alicyclic amines) is 1. The Balaban J connectivity index is 1.35. The van der Waals surface area contributed by atoms with E-state index in [1.165, 1.54) is 17.0 Å². The standard InChI is InChI=1S/C32H49N7/c1-7-12-29(38-21-24(3)34-25(4)22-38)31-35-28-19-26(20-33-30(28)39(31)8-2)23-37-17-15-32(16-18-37,36(5)6)27-13-10-9-11-14-27/h9-11,13-14,19-20,24-25,29,34H,7-8,12,15-18,21-23H2,1-6H3/t24-,25+,29?. The summed E-state index contributed by atoms with van der Waals surface area (Å²) in [6.45, 7) is 15.2. The Labute approximate surface area is 235 Å². The summed E-state index contributed by atoms with van der Waals surface area (Å²) in [5.74, 6) is 1.19. The molecule has 2 aromatic heterocycles. The Hall–Kier alpha value is -2.32. The smallest absolute Gasteiger partial charge is 0.160 e. The Morgan fingerprint density at radius 1 is 1.05 bits per heavy atom. The van der Waals surface area contributed by atoms with E-state index in [1.54, 1.807) is 0 Å². The highest BCUT2D eigenvalue weighted by atomic mass is 15.3. The predicted molar refractivity (Wildman–Crippen MR) is 161 cm³/mol. The molecule has 0 radical (unpaired) electrons. The van der Waals surface area contributed by atoms with E-state index in [2.05, 4.69) is 109 Å². The molecule has 1 N–H and O–H groups in total. The molecule has 39 heavy (non-hydrogen) atoms. The Morgan fingerprint density at radius 3 is 2.36 bits per heavy atom. The fraction of sp³-hybridized carbons (Fsp3) is 0.625. The molecule has 0 saturated carbocycles. The maximum Gasteiger partial charge on any atom is 0.160 e. The van der Waals surface area contributed by atoms with Gasteiger partial charge in [-0.25, -0.2) is 9.97 Å². The van der Waals surface area contributed by atoms with E-state index in [0.717, 1.165) is 76.1 Å². The van der Waals surface area contributed by atoms with Gasteiger partial charge in [-0.1, -0.05) is 43.7 Å². The fourth-order valence-electron chi connectivity index (χ4n) is 7.18. The van der Waals surface area contributed by atoms with Crippen molar-refractivity contribution in [3.05, 3.63) is 59.5 Å². The number of nitrogens with one attached hydrogen (secondary N) is 1. The van der Waals surface area contributed by atoms with Gasteiger partial charge in [0.15, 0.2) is 5.65 Å². The first-order chi connectivity index (χ1) is 18.8. The first-order valence-electron chi connectivity index (χ1n) is 15.1. The Bertz CT molecular complexity index is 1200. The lowest BCUT2D eigenvalue weighted by molar-refractivity contribution is 0.0507. The zero-order valence-electron chi connectivity index (χ0n) is 25.0. The molecule has 212 valence electrons. The number of benzene rings is 1. The summed E-state index contributed by atoms with van der Waals surface area (Å²) in [7, 11) is 4.46. The second-order valence-electron chi connectivity index (χ2n) is 12.2. The molecule has 0 bridgehead atoms. The fourth-order valence-corrected chi connectivity index (χ4v) is 7.18. The molecule has 0 aliphatic carbocycles. The average molecular weight is 532 g/mol. The van der Waals surface area contributed by atoms with Crippen molar-refractivity contribution in [2.45, 2.75) is 90.1 Å². The summed E-state index contributed by atoms with van der Waals surface area (Å²) >= 11 is 0. The van der Waals surface area contributed by atoms with Crippen LogP contribution in [0.2, 0.25) is 0 Å². The van der Waals surface area contributed by atoms with E-state index in [4.69, 9.17) is 9.97 Å². The third kappa shape index (κ3) is 5.78. The summed E-state index contributed by atoms with van der Waals surface area (Å²) in [5.41, 5.74) is 4.89. The number of imidazole rings is 1. The molecule has 7 nitrogen and oxygen atoms in total. The number of hydrogen-bond donors (Lipinski definition) is 1. The number of aromatic nitrogens is 3. The number of piperidine rings is 1. The summed E-state index contributed by atoms with van der Waals surface area (Å²) in [4.78, 5) is 18.0. The lowest BCUT2D eigenvalue weighted by Gasteiger charge is -2.46. The minimum atomic E-state index is 0.113. The maximum atomic E-state index is 5.28. The molecule has 3 atom stereocenters. The number of pyridine rings is 1. The summed E-state index contributed by atoms with van der Waals surface area (Å²) < 4.78 is 2.36. The molecule has 4 heterocycles. The third-order valence-corrected chi connectivity index (χ3v) is 9.13. The van der Waals surface area contributed by atoms with Crippen molar-refractivity contribution in [3.8, 4) is 0 Å². The van der Waals surface area contributed by atoms with Crippen LogP contribution in [0.1, 0.15) is 76.4 Å². The summed E-state index contributed by atoms with van der Waals surface area (Å²) in [5, 5.41) is 3.69. The van der Waals surface area contributed by atoms with Crippen LogP contribution in [0.4, 0.5) is 0 Å². The highest BCUT2D eigenvalue weighted by molar-refractivity contribution is 5.72. The molecule has 0 amide bonds. The summed E-state index contributed by atoms with van der Waals surface area (Å²) in [6, 6.07) is 14.7. The third-order valence-electron chi connectivity index (χ3n) is 9.13. The van der Waals surface area contributed by atoms with Crippen LogP contribution in [0.5, 0.6) is 0 Å². The van der Waals surface area contributed by atoms with Crippen LogP contribution in [0.15, 0.2) is 42.6 Å². The molecule has 2 aliphatic heterocycles. The van der Waals surface area contributed by atoms with Crippen molar-refractivity contribution in [2.24, 2.45) is 0 Å². The van der Waals surface area contributed by atoms with Gasteiger partial charge in [0.25, 0.3) is 0 Å². The van der Waals surface area contributed by atoms with Gasteiger partial charge in [0, 0.05) is 63.1 Å². The van der Waals surface area contributed by atoms with Crippen LogP contribution >= 0.6 is 0 Å². The monoisotopic (exact) mass is 531 g/mol. The van der Waals surface area contributed by atoms with Crippen LogP contribution in [0, 0.1) is 0 Å². The van der Waals surface area contributed by atoms with Crippen molar-refractivity contribution in [1.82, 2.24) is 34.6 Å². The Morgan fingerprint density at radius 2 is 1.74 bits per heavy atom. The van der Waals surface area contributed by atoms with Gasteiger partial charge in [-0.05, 0) is 71.3 Å². The zero-order valence-corrected chi connectivity index (χ0v) is 25.0. The van der Waals surface area contributed by atoms with Crippen LogP contribution in [0.3, 0.4) is 0 Å². The SMILES string of the molecule is CCCC(c1nc2cc(CN3CCC(c4ccccc4)(N(C)C)CC3)cnc2n1CC)N1C[C@@H](C)N[C@@H](C)C1. The van der Waals surface area contributed by atoms with Crippen molar-refractivity contribution in [1.29, 1.82) is 0 Å². The van der Waals surface area contributed by atoms with E-state index in [-0.39, 0.29) is 5.54 Å². The number of rotatable bonds is 9. The molecule has 2 aliphatic rings. The van der Waals surface area contributed by atoms with Crippen molar-refractivity contribution in [3.63, 3.8) is 0 Å². The lowest BCUT2D eigenvalue weighted by Crippen LogP contribution is -2.55. The number of hydrogen-bond acceptors (Lipinski definition) is 6. The number of aryl methyl sites for hydroxylation is 1. The van der Waals surface area contributed by atoms with Crippen molar-refractivity contribution < 1.29 is 0 Å². The quantitative estimate of drug-likeness (QED) is 0.418. The first kappa shape index (κ1) is 28.2. The van der Waals surface area contributed by atoms with E-state index >= 15 is 0 Å². The van der Waals surface area contributed by atoms with Gasteiger partial charge in [-0.15, -0.1) is 0 Å². The van der Waals surface area contributed by atoms with E-state index in [9.17, 15) is 0 Å². The second-order valence-corrected chi connectivity index (χ2v) is 12.2. The molecule has 2 saturated heterocycles. The van der Waals surface area contributed by atoms with Gasteiger partial charge in [0.2, 0.25) is 0 Å². The van der Waals surface area contributed by atoms with Crippen LogP contribution in [0.25, 0.3) is 11.2 Å². The molecule has 7 heteroatoms. The van der Waals surface area contributed by atoms with Gasteiger partial charge in [0.05, 0.1) is 6.04 Å². The molecule has 5 rings (SSSR count). The maximum absolute atomic E-state index is 5.28. The van der Waals surface area contributed by atoms with Gasteiger partial charge in [0.1, 0.15) is 11.3 Å². The van der Waals surface area contributed by atoms with E-state index in [0.29, 0.717) is 18.1 Å². The molecule has 1 aromatic carbocycles. The van der Waals surface area contributed by atoms with E-state index < -0.39 is 0 Å². The zero-order chi connectivity index (χ0) is 27.6. The van der Waals surface area contributed by atoms with E-state index in [1.807, 2.05) is 0 Å². The molecular formula is C32H49N7. The van der Waals surface area contributed by atoms with Crippen molar-refractivity contribution in [2.75, 3.05) is 40.3 Å². The van der Waals surface area contributed by atoms with Crippen LogP contribution < -0.4 is 5.32 Å². The second kappa shape index (κ2) is 12.0. The normalized spacial score (nSPS) is 23.5. The first-order valence-corrected chi connectivity index (χ1v) is 15.1. The number of fused-ring (bicyclic) bond motifs is 1. The van der Waals surface area contributed by atoms with Gasteiger partial charge < -0.3 is 9.88 Å². The largest absolute Gasteiger partial charge is 0.312 e. The minimum Gasteiger partial charge on any atom is -0.312 e. The predicted octanol–water partition coefficient (Wildman–Crippen LogP) is 5.03. The van der Waals surface area contributed by atoms with Gasteiger partial charge in [-0.2, -0.15) is 0 Å². The molecule has 0 spiro atoms. The van der Waals surface area contributed by atoms with Crippen LogP contribution in [-0.2, 0) is 18.6 Å². The van der Waals surface area contributed by atoms with Gasteiger partial charge >= 0.3 is 0 Å². The Kier molecular flexibility index (Phi) is 8.72. The molecule has 2 fully saturated rings. The number of nitrogens with zero attached hydrogens (tertiary/aromatic N) is 6. The lowest BCUT2D eigenvalue weighted by atomic mass is 9.79. The van der Waals surface area contributed by atoms with Crippen LogP contribution in [-0.4, -0.2) is 81.6 Å². The summed E-state index contributed by atoms with van der Waals surface area (Å²) in [6.07, 6.45) is 6.63. The molecule has 3 aromatic rings. The minimum absolute atomic E-state index is 0.113.